The average molecular weight is 280 g/mol. The van der Waals surface area contributed by atoms with Crippen molar-refractivity contribution < 1.29 is 48.6 Å². The minimum Gasteiger partial charge on any atom is -0.355 e. The van der Waals surface area contributed by atoms with Crippen LogP contribution in [0, 0.1) is 0 Å². The van der Waals surface area contributed by atoms with E-state index in [1.807, 2.05) is 0 Å². The van der Waals surface area contributed by atoms with Crippen molar-refractivity contribution in [3.05, 3.63) is 0 Å². The summed E-state index contributed by atoms with van der Waals surface area (Å²) in [7, 11) is 0. The molecule has 17 heavy (non-hydrogen) atoms. The van der Waals surface area contributed by atoms with E-state index in [1.165, 1.54) is 0 Å². The highest BCUT2D eigenvalue weighted by Crippen LogP contribution is 2.57. The lowest BCUT2D eigenvalue weighted by Gasteiger charge is -2.28. The molecule has 0 bridgehead atoms. The first-order chi connectivity index (χ1) is 7.23. The van der Waals surface area contributed by atoms with Crippen LogP contribution in [0.15, 0.2) is 0 Å². The number of ether oxygens (including phenoxy) is 1. The first-order valence-electron chi connectivity index (χ1n) is 3.77. The molecule has 0 aliphatic carbocycles. The molecule has 1 saturated heterocycles. The fourth-order valence-corrected chi connectivity index (χ4v) is 1.15. The van der Waals surface area contributed by atoms with Crippen LogP contribution >= 0.6 is 0 Å². The molecule has 0 unspecified atom stereocenters. The predicted molar refractivity (Wildman–Crippen MR) is 30.7 cm³/mol. The van der Waals surface area contributed by atoms with Gasteiger partial charge in [0.05, 0.1) is 0 Å². The maximum atomic E-state index is 12.9. The zero-order valence-electron chi connectivity index (χ0n) is 7.34. The van der Waals surface area contributed by atoms with Crippen molar-refractivity contribution in [1.82, 2.24) is 0 Å². The largest absolute Gasteiger partial charge is 0.434 e. The van der Waals surface area contributed by atoms with Gasteiger partial charge >= 0.3 is 24.2 Å². The van der Waals surface area contributed by atoms with Gasteiger partial charge in [0, 0.05) is 0 Å². The van der Waals surface area contributed by atoms with Crippen molar-refractivity contribution >= 4 is 0 Å². The summed E-state index contributed by atoms with van der Waals surface area (Å²) in [5.41, 5.74) is -6.03. The Balaban J connectivity index is 3.06. The molecule has 11 heteroatoms. The van der Waals surface area contributed by atoms with Crippen molar-refractivity contribution in [2.45, 2.75) is 36.4 Å². The van der Waals surface area contributed by atoms with Crippen LogP contribution in [0.1, 0.15) is 0 Å². The highest BCUT2D eigenvalue weighted by molar-refractivity contribution is 5.12. The lowest BCUT2D eigenvalue weighted by atomic mass is 9.98. The topological polar surface area (TPSA) is 12.5 Å². The van der Waals surface area contributed by atoms with E-state index in [2.05, 4.69) is 4.74 Å². The minimum absolute atomic E-state index is 3.16. The molecule has 1 aliphatic heterocycles. The summed E-state index contributed by atoms with van der Waals surface area (Å²) in [5, 5.41) is 0. The Morgan fingerprint density at radius 3 is 1.12 bits per heavy atom. The molecule has 0 radical (unpaired) electrons. The van der Waals surface area contributed by atoms with Gasteiger partial charge in [-0.05, 0) is 0 Å². The van der Waals surface area contributed by atoms with E-state index in [0.717, 1.165) is 0 Å². The summed E-state index contributed by atoms with van der Waals surface area (Å²) in [6, 6.07) is 0. The monoisotopic (exact) mass is 280 g/mol. The van der Waals surface area contributed by atoms with Crippen molar-refractivity contribution in [1.29, 1.82) is 0 Å². The summed E-state index contributed by atoms with van der Waals surface area (Å²) in [6.07, 6.45) is -25.6. The quantitative estimate of drug-likeness (QED) is 0.531. The number of hydrogen-bond donors (Lipinski definition) is 0. The normalized spacial score (nSPS) is 27.2. The molecule has 1 heterocycles. The molecular weight excluding hydrogens is 278 g/mol. The summed E-state index contributed by atoms with van der Waals surface area (Å²) in [4.78, 5) is 0. The van der Waals surface area contributed by atoms with Crippen LogP contribution in [-0.4, -0.2) is 36.4 Å². The first kappa shape index (κ1) is 14.3. The van der Waals surface area contributed by atoms with Crippen molar-refractivity contribution in [3.8, 4) is 0 Å². The third-order valence-electron chi connectivity index (χ3n) is 2.03. The third kappa shape index (κ3) is 2.16. The summed E-state index contributed by atoms with van der Waals surface area (Å²) in [5.74, 6) is 0. The van der Waals surface area contributed by atoms with E-state index in [1.54, 1.807) is 0 Å². The molecule has 0 amide bonds. The fraction of sp³-hybridized carbons (Fsp3) is 1.00. The van der Waals surface area contributed by atoms with Gasteiger partial charge < -0.3 is 4.74 Å². The Kier molecular flexibility index (Phi) is 2.85. The Morgan fingerprint density at radius 2 is 0.941 bits per heavy atom. The average Bonchev–Trinajstić information content (AvgIpc) is 2.74. The summed E-state index contributed by atoms with van der Waals surface area (Å²) < 4.78 is 123. The maximum absolute atomic E-state index is 12.9. The number of alkyl halides is 10. The summed E-state index contributed by atoms with van der Waals surface area (Å²) >= 11 is 0. The van der Waals surface area contributed by atoms with Crippen molar-refractivity contribution in [2.75, 3.05) is 0 Å². The lowest BCUT2D eigenvalue weighted by molar-refractivity contribution is -0.346. The molecule has 0 saturated carbocycles. The molecule has 0 aromatic rings. The van der Waals surface area contributed by atoms with E-state index in [9.17, 15) is 43.9 Å². The van der Waals surface area contributed by atoms with Crippen LogP contribution < -0.4 is 0 Å². The van der Waals surface area contributed by atoms with Gasteiger partial charge in [-0.1, -0.05) is 0 Å². The van der Waals surface area contributed by atoms with Crippen LogP contribution in [0.2, 0.25) is 0 Å². The van der Waals surface area contributed by atoms with E-state index < -0.39 is 36.4 Å². The second-order valence-corrected chi connectivity index (χ2v) is 3.23. The molecule has 1 aliphatic rings. The maximum Gasteiger partial charge on any atom is 0.434 e. The second-order valence-electron chi connectivity index (χ2n) is 3.23. The van der Waals surface area contributed by atoms with Gasteiger partial charge in [-0.25, -0.2) is 4.39 Å². The predicted octanol–water partition coefficient (Wildman–Crippen LogP) is 3.15. The van der Waals surface area contributed by atoms with E-state index >= 15 is 0 Å². The first-order valence-corrected chi connectivity index (χ1v) is 3.77. The Labute approximate surface area is 86.3 Å². The molecule has 1 nitrogen and oxygen atoms in total. The lowest BCUT2D eigenvalue weighted by Crippen LogP contribution is -2.58. The van der Waals surface area contributed by atoms with Gasteiger partial charge in [-0.3, -0.25) is 0 Å². The van der Waals surface area contributed by atoms with Crippen LogP contribution in [0.25, 0.3) is 0 Å². The van der Waals surface area contributed by atoms with E-state index in [-0.39, 0.29) is 0 Å². The van der Waals surface area contributed by atoms with Crippen LogP contribution in [0.3, 0.4) is 0 Å². The van der Waals surface area contributed by atoms with Crippen LogP contribution in [0.4, 0.5) is 43.9 Å². The van der Waals surface area contributed by atoms with Crippen LogP contribution in [0.5, 0.6) is 0 Å². The van der Waals surface area contributed by atoms with Gasteiger partial charge in [0.15, 0.2) is 6.10 Å². The highest BCUT2D eigenvalue weighted by Gasteiger charge is 2.84. The summed E-state index contributed by atoms with van der Waals surface area (Å²) in [6.45, 7) is 0. The third-order valence-corrected chi connectivity index (χ3v) is 2.03. The van der Waals surface area contributed by atoms with Gasteiger partial charge in [0.2, 0.25) is 0 Å². The highest BCUT2D eigenvalue weighted by atomic mass is 19.4. The van der Waals surface area contributed by atoms with Gasteiger partial charge in [-0.15, -0.1) is 0 Å². The zero-order valence-corrected chi connectivity index (χ0v) is 7.34. The number of epoxide rings is 1. The van der Waals surface area contributed by atoms with Crippen molar-refractivity contribution in [2.24, 2.45) is 0 Å². The van der Waals surface area contributed by atoms with Gasteiger partial charge in [0.1, 0.15) is 6.10 Å². The zero-order chi connectivity index (χ0) is 13.9. The molecule has 0 aromatic carbocycles. The standard InChI is InChI=1S/C6H2F10O/c7-3(5(11,12)13,6(14,15)16)1-2(17-1)4(8,9)10/h1-2H/t1-,2-/m1/s1. The van der Waals surface area contributed by atoms with E-state index in [4.69, 9.17) is 0 Å². The molecule has 0 spiro atoms. The Morgan fingerprint density at radius 1 is 0.588 bits per heavy atom. The Bertz CT molecular complexity index is 283. The SMILES string of the molecule is FC(F)(F)[C@@H]1O[C@H]1C(F)(C(F)(F)F)C(F)(F)F. The van der Waals surface area contributed by atoms with E-state index in [0.29, 0.717) is 0 Å². The van der Waals surface area contributed by atoms with Gasteiger partial charge in [0.25, 0.3) is 0 Å². The number of halogens is 10. The molecule has 0 N–H and O–H groups in total. The van der Waals surface area contributed by atoms with Crippen molar-refractivity contribution in [3.63, 3.8) is 0 Å². The molecule has 0 aromatic heterocycles. The second kappa shape index (κ2) is 3.39. The molecule has 102 valence electrons. The number of rotatable bonds is 1. The molecular formula is C6H2F10O. The Hall–Kier alpha value is -0.740. The molecule has 2 atom stereocenters. The smallest absolute Gasteiger partial charge is 0.355 e. The fourth-order valence-electron chi connectivity index (χ4n) is 1.15. The van der Waals surface area contributed by atoms with Gasteiger partial charge in [-0.2, -0.15) is 39.5 Å². The molecule has 1 fully saturated rings. The molecule has 1 rings (SSSR count). The number of hydrogen-bond acceptors (Lipinski definition) is 1. The minimum atomic E-state index is -6.55. The van der Waals surface area contributed by atoms with Crippen LogP contribution in [-0.2, 0) is 4.74 Å².